The van der Waals surface area contributed by atoms with E-state index in [1.165, 1.54) is 12.8 Å². The Hall–Kier alpha value is -1.50. The van der Waals surface area contributed by atoms with Gasteiger partial charge in [0.2, 0.25) is 0 Å². The number of aliphatic hydroxyl groups excluding tert-OH is 1. The molecule has 0 saturated heterocycles. The maximum Gasteiger partial charge on any atom is 0.189 e. The number of rotatable bonds is 5. The smallest absolute Gasteiger partial charge is 0.189 e. The van der Waals surface area contributed by atoms with Crippen LogP contribution in [0.3, 0.4) is 0 Å². The van der Waals surface area contributed by atoms with Crippen LogP contribution in [0.25, 0.3) is 0 Å². The number of ether oxygens (including phenoxy) is 2. The number of benzene rings is 1. The SMILES string of the molecule is OCC#Cc1ccc(OCOCC2CC2)cc1. The Bertz CT molecular complexity index is 396. The highest BCUT2D eigenvalue weighted by molar-refractivity contribution is 5.38. The molecule has 0 heterocycles. The predicted molar refractivity (Wildman–Crippen MR) is 64.6 cm³/mol. The summed E-state index contributed by atoms with van der Waals surface area (Å²) in [6, 6.07) is 7.42. The van der Waals surface area contributed by atoms with E-state index >= 15 is 0 Å². The zero-order valence-electron chi connectivity index (χ0n) is 9.69. The second-order valence-electron chi connectivity index (χ2n) is 4.06. The van der Waals surface area contributed by atoms with Crippen LogP contribution in [-0.2, 0) is 4.74 Å². The van der Waals surface area contributed by atoms with Gasteiger partial charge in [0.05, 0.1) is 6.61 Å². The normalized spacial score (nSPS) is 13.9. The summed E-state index contributed by atoms with van der Waals surface area (Å²) in [6.07, 6.45) is 2.58. The van der Waals surface area contributed by atoms with Gasteiger partial charge in [0.1, 0.15) is 12.4 Å². The summed E-state index contributed by atoms with van der Waals surface area (Å²) in [7, 11) is 0. The first kappa shape index (κ1) is 12.0. The Morgan fingerprint density at radius 2 is 2.00 bits per heavy atom. The molecule has 1 saturated carbocycles. The molecule has 3 nitrogen and oxygen atoms in total. The summed E-state index contributed by atoms with van der Waals surface area (Å²) in [5.41, 5.74) is 0.866. The molecule has 2 rings (SSSR count). The van der Waals surface area contributed by atoms with Gasteiger partial charge in [0.15, 0.2) is 6.79 Å². The molecule has 0 atom stereocenters. The lowest BCUT2D eigenvalue weighted by Crippen LogP contribution is -2.04. The van der Waals surface area contributed by atoms with Crippen LogP contribution < -0.4 is 4.74 Å². The fourth-order valence-corrected chi connectivity index (χ4v) is 1.39. The lowest BCUT2D eigenvalue weighted by atomic mass is 10.2. The predicted octanol–water partition coefficient (Wildman–Crippen LogP) is 1.79. The van der Waals surface area contributed by atoms with E-state index in [0.717, 1.165) is 23.8 Å². The zero-order valence-corrected chi connectivity index (χ0v) is 9.69. The standard InChI is InChI=1S/C14H16O3/c15-9-1-2-12-5-7-14(8-6-12)17-11-16-10-13-3-4-13/h5-8,13,15H,3-4,9-11H2. The van der Waals surface area contributed by atoms with Crippen LogP contribution in [0, 0.1) is 17.8 Å². The highest BCUT2D eigenvalue weighted by Gasteiger charge is 2.20. The summed E-state index contributed by atoms with van der Waals surface area (Å²) in [6.45, 7) is 0.992. The van der Waals surface area contributed by atoms with Crippen LogP contribution in [0.5, 0.6) is 5.75 Å². The molecule has 0 aliphatic heterocycles. The summed E-state index contributed by atoms with van der Waals surface area (Å²) >= 11 is 0. The van der Waals surface area contributed by atoms with E-state index in [-0.39, 0.29) is 6.61 Å². The van der Waals surface area contributed by atoms with Crippen LogP contribution >= 0.6 is 0 Å². The average molecular weight is 232 g/mol. The van der Waals surface area contributed by atoms with Crippen LogP contribution in [0.4, 0.5) is 0 Å². The monoisotopic (exact) mass is 232 g/mol. The maximum absolute atomic E-state index is 8.56. The Kier molecular flexibility index (Phi) is 4.43. The summed E-state index contributed by atoms with van der Waals surface area (Å²) < 4.78 is 10.8. The van der Waals surface area contributed by atoms with Gasteiger partial charge in [-0.05, 0) is 43.0 Å². The largest absolute Gasteiger partial charge is 0.468 e. The molecule has 1 N–H and O–H groups in total. The van der Waals surface area contributed by atoms with E-state index in [0.29, 0.717) is 6.79 Å². The first-order chi connectivity index (χ1) is 8.38. The van der Waals surface area contributed by atoms with Gasteiger partial charge in [-0.1, -0.05) is 11.8 Å². The lowest BCUT2D eigenvalue weighted by Gasteiger charge is -2.06. The van der Waals surface area contributed by atoms with E-state index in [1.54, 1.807) is 0 Å². The Labute approximate surface area is 101 Å². The van der Waals surface area contributed by atoms with Gasteiger partial charge in [-0.25, -0.2) is 0 Å². The molecular weight excluding hydrogens is 216 g/mol. The molecule has 3 heteroatoms. The molecule has 0 amide bonds. The highest BCUT2D eigenvalue weighted by atomic mass is 16.7. The van der Waals surface area contributed by atoms with Crippen LogP contribution in [0.2, 0.25) is 0 Å². The zero-order chi connectivity index (χ0) is 11.9. The Morgan fingerprint density at radius 3 is 2.65 bits per heavy atom. The van der Waals surface area contributed by atoms with Gasteiger partial charge in [-0.2, -0.15) is 0 Å². The van der Waals surface area contributed by atoms with Crippen molar-refractivity contribution in [2.24, 2.45) is 5.92 Å². The van der Waals surface area contributed by atoms with Crippen molar-refractivity contribution in [1.29, 1.82) is 0 Å². The Morgan fingerprint density at radius 1 is 1.24 bits per heavy atom. The first-order valence-electron chi connectivity index (χ1n) is 5.79. The number of hydrogen-bond donors (Lipinski definition) is 1. The molecule has 1 aliphatic rings. The topological polar surface area (TPSA) is 38.7 Å². The first-order valence-corrected chi connectivity index (χ1v) is 5.79. The second-order valence-corrected chi connectivity index (χ2v) is 4.06. The van der Waals surface area contributed by atoms with Crippen molar-refractivity contribution >= 4 is 0 Å². The third kappa shape index (κ3) is 4.48. The fraction of sp³-hybridized carbons (Fsp3) is 0.429. The molecule has 1 aromatic rings. The summed E-state index contributed by atoms with van der Waals surface area (Å²) in [5.74, 6) is 6.95. The highest BCUT2D eigenvalue weighted by Crippen LogP contribution is 2.28. The van der Waals surface area contributed by atoms with Crippen molar-refractivity contribution in [2.45, 2.75) is 12.8 Å². The Balaban J connectivity index is 1.72. The maximum atomic E-state index is 8.56. The van der Waals surface area contributed by atoms with Gasteiger partial charge < -0.3 is 14.6 Å². The van der Waals surface area contributed by atoms with E-state index < -0.39 is 0 Å². The van der Waals surface area contributed by atoms with Gasteiger partial charge in [0.25, 0.3) is 0 Å². The van der Waals surface area contributed by atoms with Crippen molar-refractivity contribution in [3.63, 3.8) is 0 Å². The summed E-state index contributed by atoms with van der Waals surface area (Å²) in [4.78, 5) is 0. The molecule has 1 fully saturated rings. The number of hydrogen-bond acceptors (Lipinski definition) is 3. The number of aliphatic hydroxyl groups is 1. The molecule has 90 valence electrons. The van der Waals surface area contributed by atoms with Crippen molar-refractivity contribution < 1.29 is 14.6 Å². The molecule has 0 radical (unpaired) electrons. The van der Waals surface area contributed by atoms with E-state index in [1.807, 2.05) is 24.3 Å². The fourth-order valence-electron chi connectivity index (χ4n) is 1.39. The van der Waals surface area contributed by atoms with Gasteiger partial charge in [0, 0.05) is 5.56 Å². The minimum absolute atomic E-state index is 0.118. The molecule has 0 spiro atoms. The van der Waals surface area contributed by atoms with Crippen molar-refractivity contribution in [1.82, 2.24) is 0 Å². The minimum atomic E-state index is -0.118. The second kappa shape index (κ2) is 6.29. The van der Waals surface area contributed by atoms with E-state index in [2.05, 4.69) is 11.8 Å². The molecule has 0 aromatic heterocycles. The van der Waals surface area contributed by atoms with Crippen LogP contribution in [-0.4, -0.2) is 25.1 Å². The van der Waals surface area contributed by atoms with Gasteiger partial charge >= 0.3 is 0 Å². The van der Waals surface area contributed by atoms with Crippen LogP contribution in [0.1, 0.15) is 18.4 Å². The average Bonchev–Trinajstić information content (AvgIpc) is 3.18. The lowest BCUT2D eigenvalue weighted by molar-refractivity contribution is 0.00998. The summed E-state index contributed by atoms with van der Waals surface area (Å²) in [5, 5.41) is 8.56. The molecule has 17 heavy (non-hydrogen) atoms. The van der Waals surface area contributed by atoms with Crippen molar-refractivity contribution in [3.8, 4) is 17.6 Å². The van der Waals surface area contributed by atoms with Gasteiger partial charge in [-0.15, -0.1) is 0 Å². The minimum Gasteiger partial charge on any atom is -0.468 e. The molecule has 1 aromatic carbocycles. The molecule has 0 unspecified atom stereocenters. The third-order valence-corrected chi connectivity index (χ3v) is 2.53. The molecule has 0 bridgehead atoms. The van der Waals surface area contributed by atoms with Crippen LogP contribution in [0.15, 0.2) is 24.3 Å². The molecular formula is C14H16O3. The van der Waals surface area contributed by atoms with Crippen molar-refractivity contribution in [2.75, 3.05) is 20.0 Å². The molecule has 1 aliphatic carbocycles. The third-order valence-electron chi connectivity index (χ3n) is 2.53. The quantitative estimate of drug-likeness (QED) is 0.478. The van der Waals surface area contributed by atoms with E-state index in [9.17, 15) is 0 Å². The van der Waals surface area contributed by atoms with Gasteiger partial charge in [-0.3, -0.25) is 0 Å². The van der Waals surface area contributed by atoms with Crippen molar-refractivity contribution in [3.05, 3.63) is 29.8 Å². The van der Waals surface area contributed by atoms with E-state index in [4.69, 9.17) is 14.6 Å².